The molecule has 1 aliphatic rings. The van der Waals surface area contributed by atoms with Crippen molar-refractivity contribution in [3.8, 4) is 12.3 Å². The van der Waals surface area contributed by atoms with Crippen molar-refractivity contribution < 1.29 is 13.2 Å². The molecular formula is C17H22N2O3S. The maximum atomic E-state index is 12.4. The first-order valence-corrected chi connectivity index (χ1v) is 9.27. The van der Waals surface area contributed by atoms with E-state index in [1.807, 2.05) is 13.8 Å². The van der Waals surface area contributed by atoms with Crippen molar-refractivity contribution in [2.45, 2.75) is 56.0 Å². The van der Waals surface area contributed by atoms with Crippen LogP contribution in [0.5, 0.6) is 0 Å². The lowest BCUT2D eigenvalue weighted by atomic mass is 9.93. The first-order valence-electron chi connectivity index (χ1n) is 7.78. The molecule has 1 saturated carbocycles. The van der Waals surface area contributed by atoms with Gasteiger partial charge in [0.1, 0.15) is 5.54 Å². The monoisotopic (exact) mass is 334 g/mol. The van der Waals surface area contributed by atoms with Gasteiger partial charge in [-0.05, 0) is 43.9 Å². The third kappa shape index (κ3) is 4.12. The van der Waals surface area contributed by atoms with E-state index in [0.717, 1.165) is 12.8 Å². The lowest BCUT2D eigenvalue weighted by molar-refractivity contribution is 0.0916. The Hall–Kier alpha value is -1.84. The molecule has 124 valence electrons. The first kappa shape index (κ1) is 17.5. The number of amides is 1. The molecule has 0 atom stereocenters. The lowest BCUT2D eigenvalue weighted by Crippen LogP contribution is -2.46. The molecule has 1 fully saturated rings. The molecule has 0 heterocycles. The maximum absolute atomic E-state index is 12.4. The molecule has 0 aromatic heterocycles. The molecule has 0 bridgehead atoms. The van der Waals surface area contributed by atoms with Crippen molar-refractivity contribution in [2.24, 2.45) is 0 Å². The van der Waals surface area contributed by atoms with E-state index in [9.17, 15) is 13.2 Å². The zero-order chi connectivity index (χ0) is 17.1. The van der Waals surface area contributed by atoms with Gasteiger partial charge in [-0.3, -0.25) is 4.79 Å². The van der Waals surface area contributed by atoms with E-state index in [1.165, 1.54) is 12.1 Å². The molecule has 1 aliphatic carbocycles. The maximum Gasteiger partial charge on any atom is 0.252 e. The highest BCUT2D eigenvalue weighted by atomic mass is 32.2. The molecule has 0 unspecified atom stereocenters. The molecule has 1 amide bonds. The van der Waals surface area contributed by atoms with Crippen LogP contribution in [0, 0.1) is 12.3 Å². The van der Waals surface area contributed by atoms with Crippen LogP contribution < -0.4 is 10.0 Å². The van der Waals surface area contributed by atoms with Crippen molar-refractivity contribution in [3.63, 3.8) is 0 Å². The number of rotatable bonds is 7. The molecule has 2 N–H and O–H groups in total. The minimum atomic E-state index is -3.58. The van der Waals surface area contributed by atoms with Crippen LogP contribution >= 0.6 is 0 Å². The number of terminal acetylenes is 1. The third-order valence-electron chi connectivity index (χ3n) is 4.14. The zero-order valence-electron chi connectivity index (χ0n) is 13.4. The second-order valence-corrected chi connectivity index (χ2v) is 7.53. The average Bonchev–Trinajstić information content (AvgIpc) is 3.36. The Morgan fingerprint density at radius 2 is 2.00 bits per heavy atom. The van der Waals surface area contributed by atoms with Crippen molar-refractivity contribution >= 4 is 15.9 Å². The Morgan fingerprint density at radius 3 is 2.52 bits per heavy atom. The highest BCUT2D eigenvalue weighted by Crippen LogP contribution is 2.23. The fraction of sp³-hybridized carbons (Fsp3) is 0.471. The van der Waals surface area contributed by atoms with Crippen LogP contribution in [0.4, 0.5) is 0 Å². The van der Waals surface area contributed by atoms with Gasteiger partial charge in [0, 0.05) is 11.6 Å². The Bertz CT molecular complexity index is 726. The summed E-state index contributed by atoms with van der Waals surface area (Å²) in [6, 6.07) is 6.03. The average molecular weight is 334 g/mol. The van der Waals surface area contributed by atoms with Crippen LogP contribution in [0.2, 0.25) is 0 Å². The van der Waals surface area contributed by atoms with Crippen LogP contribution in [-0.4, -0.2) is 25.9 Å². The summed E-state index contributed by atoms with van der Waals surface area (Å²) in [5, 5.41) is 2.84. The second kappa shape index (κ2) is 6.73. The van der Waals surface area contributed by atoms with Crippen LogP contribution in [-0.2, 0) is 10.0 Å². The minimum Gasteiger partial charge on any atom is -0.336 e. The predicted molar refractivity (Wildman–Crippen MR) is 89.4 cm³/mol. The van der Waals surface area contributed by atoms with Gasteiger partial charge < -0.3 is 5.32 Å². The Labute approximate surface area is 137 Å². The molecule has 0 saturated heterocycles. The van der Waals surface area contributed by atoms with Gasteiger partial charge in [-0.2, -0.15) is 0 Å². The van der Waals surface area contributed by atoms with Gasteiger partial charge in [0.05, 0.1) is 4.90 Å². The number of benzene rings is 1. The van der Waals surface area contributed by atoms with Gasteiger partial charge in [-0.15, -0.1) is 6.42 Å². The number of hydrogen-bond acceptors (Lipinski definition) is 3. The molecule has 1 aromatic rings. The van der Waals surface area contributed by atoms with Crippen LogP contribution in [0.1, 0.15) is 49.9 Å². The largest absolute Gasteiger partial charge is 0.336 e. The summed E-state index contributed by atoms with van der Waals surface area (Å²) in [7, 11) is -3.58. The number of hydrogen-bond donors (Lipinski definition) is 2. The molecule has 2 rings (SSSR count). The Balaban J connectivity index is 2.22. The number of nitrogens with one attached hydrogen (secondary N) is 2. The van der Waals surface area contributed by atoms with E-state index in [-0.39, 0.29) is 22.4 Å². The predicted octanol–water partition coefficient (Wildman–Crippen LogP) is 2.05. The van der Waals surface area contributed by atoms with Crippen molar-refractivity contribution in [2.75, 3.05) is 0 Å². The van der Waals surface area contributed by atoms with Crippen molar-refractivity contribution in [3.05, 3.63) is 29.8 Å². The quantitative estimate of drug-likeness (QED) is 0.749. The van der Waals surface area contributed by atoms with Crippen molar-refractivity contribution in [1.82, 2.24) is 10.0 Å². The van der Waals surface area contributed by atoms with E-state index >= 15 is 0 Å². The normalized spacial score (nSPS) is 15.0. The second-order valence-electron chi connectivity index (χ2n) is 5.81. The Kier molecular flexibility index (Phi) is 5.12. The highest BCUT2D eigenvalue weighted by molar-refractivity contribution is 7.89. The minimum absolute atomic E-state index is 0.0201. The van der Waals surface area contributed by atoms with E-state index in [0.29, 0.717) is 12.8 Å². The fourth-order valence-corrected chi connectivity index (χ4v) is 3.60. The fourth-order valence-electron chi connectivity index (χ4n) is 2.25. The van der Waals surface area contributed by atoms with Crippen molar-refractivity contribution in [1.29, 1.82) is 0 Å². The van der Waals surface area contributed by atoms with Crippen LogP contribution in [0.15, 0.2) is 29.2 Å². The van der Waals surface area contributed by atoms with Crippen LogP contribution in [0.3, 0.4) is 0 Å². The summed E-state index contributed by atoms with van der Waals surface area (Å²) in [6.45, 7) is 3.81. The van der Waals surface area contributed by atoms with Gasteiger partial charge in [-0.1, -0.05) is 25.8 Å². The summed E-state index contributed by atoms with van der Waals surface area (Å²) in [5.41, 5.74) is -0.428. The van der Waals surface area contributed by atoms with Gasteiger partial charge in [0.2, 0.25) is 10.0 Å². The first-order chi connectivity index (χ1) is 10.9. The zero-order valence-corrected chi connectivity index (χ0v) is 14.2. The molecule has 23 heavy (non-hydrogen) atoms. The molecule has 5 nitrogen and oxygen atoms in total. The van der Waals surface area contributed by atoms with E-state index in [2.05, 4.69) is 16.0 Å². The molecule has 0 radical (unpaired) electrons. The summed E-state index contributed by atoms with van der Waals surface area (Å²) in [4.78, 5) is 12.5. The lowest BCUT2D eigenvalue weighted by Gasteiger charge is -2.27. The van der Waals surface area contributed by atoms with E-state index in [4.69, 9.17) is 6.42 Å². The summed E-state index contributed by atoms with van der Waals surface area (Å²) < 4.78 is 27.1. The Morgan fingerprint density at radius 1 is 1.35 bits per heavy atom. The summed E-state index contributed by atoms with van der Waals surface area (Å²) >= 11 is 0. The third-order valence-corrected chi connectivity index (χ3v) is 5.66. The van der Waals surface area contributed by atoms with Gasteiger partial charge in [0.15, 0.2) is 0 Å². The summed E-state index contributed by atoms with van der Waals surface area (Å²) in [5.74, 6) is 2.27. The number of carbonyl (C=O) groups is 1. The standard InChI is InChI=1S/C17H22N2O3S/c1-4-17(5-2,6-3)18-16(20)13-8-7-9-15(12-13)23(21,22)19-14-10-11-14/h1,7-9,12,14,19H,5-6,10-11H2,2-3H3,(H,18,20). The molecule has 1 aromatic carbocycles. The van der Waals surface area contributed by atoms with E-state index in [1.54, 1.807) is 12.1 Å². The van der Waals surface area contributed by atoms with Gasteiger partial charge >= 0.3 is 0 Å². The van der Waals surface area contributed by atoms with Gasteiger partial charge in [-0.25, -0.2) is 13.1 Å². The smallest absolute Gasteiger partial charge is 0.252 e. The SMILES string of the molecule is C#CC(CC)(CC)NC(=O)c1cccc(S(=O)(=O)NC2CC2)c1. The topological polar surface area (TPSA) is 75.3 Å². The molecule has 0 spiro atoms. The summed E-state index contributed by atoms with van der Waals surface area (Å²) in [6.07, 6.45) is 8.47. The molecule has 6 heteroatoms. The highest BCUT2D eigenvalue weighted by Gasteiger charge is 2.29. The van der Waals surface area contributed by atoms with Gasteiger partial charge in [0.25, 0.3) is 5.91 Å². The van der Waals surface area contributed by atoms with E-state index < -0.39 is 15.6 Å². The number of carbonyl (C=O) groups excluding carboxylic acids is 1. The molecular weight excluding hydrogens is 312 g/mol. The van der Waals surface area contributed by atoms with Crippen LogP contribution in [0.25, 0.3) is 0 Å². The number of sulfonamides is 1. The molecule has 0 aliphatic heterocycles.